The Labute approximate surface area is 120 Å². The Kier molecular flexibility index (Phi) is 4.10. The molecular formula is C13H13NO4S2. The molecule has 0 saturated heterocycles. The van der Waals surface area contributed by atoms with E-state index >= 15 is 0 Å². The van der Waals surface area contributed by atoms with Crippen molar-refractivity contribution in [3.8, 4) is 0 Å². The molecule has 0 aliphatic carbocycles. The summed E-state index contributed by atoms with van der Waals surface area (Å²) in [7, 11) is -3.64. The van der Waals surface area contributed by atoms with E-state index in [1.165, 1.54) is 0 Å². The summed E-state index contributed by atoms with van der Waals surface area (Å²) in [6, 6.07) is 8.72. The molecule has 0 fully saturated rings. The highest BCUT2D eigenvalue weighted by Gasteiger charge is 2.20. The van der Waals surface area contributed by atoms with Gasteiger partial charge in [-0.1, -0.05) is 30.3 Å². The Balaban J connectivity index is 2.25. The minimum absolute atomic E-state index is 0.000799. The summed E-state index contributed by atoms with van der Waals surface area (Å²) in [5.41, 5.74) is 1.40. The summed E-state index contributed by atoms with van der Waals surface area (Å²) >= 11 is 1.00. The van der Waals surface area contributed by atoms with Crippen LogP contribution in [0.3, 0.4) is 0 Å². The molecule has 0 aliphatic heterocycles. The molecule has 20 heavy (non-hydrogen) atoms. The molecule has 106 valence electrons. The van der Waals surface area contributed by atoms with Crippen LogP contribution in [0.5, 0.6) is 0 Å². The van der Waals surface area contributed by atoms with Crippen molar-refractivity contribution in [2.24, 2.45) is 0 Å². The van der Waals surface area contributed by atoms with Gasteiger partial charge in [0.05, 0.1) is 11.4 Å². The summed E-state index contributed by atoms with van der Waals surface area (Å²) in [5.74, 6) is -1.33. The third-order valence-corrected chi connectivity index (χ3v) is 4.94. The molecule has 1 heterocycles. The number of rotatable bonds is 5. The lowest BCUT2D eigenvalue weighted by atomic mass is 10.2. The highest BCUT2D eigenvalue weighted by molar-refractivity contribution is 7.91. The fourth-order valence-electron chi connectivity index (χ4n) is 1.71. The lowest BCUT2D eigenvalue weighted by Gasteiger charge is -2.09. The van der Waals surface area contributed by atoms with Crippen molar-refractivity contribution in [2.45, 2.75) is 12.7 Å². The van der Waals surface area contributed by atoms with Crippen molar-refractivity contribution in [3.63, 3.8) is 0 Å². The van der Waals surface area contributed by atoms with E-state index in [9.17, 15) is 13.2 Å². The number of benzene rings is 1. The SMILES string of the molecule is Cc1csc(C(=O)O)c1NS(=O)(=O)Cc1ccccc1. The fraction of sp³-hybridized carbons (Fsp3) is 0.154. The molecule has 1 aromatic heterocycles. The Hall–Kier alpha value is -1.86. The zero-order valence-corrected chi connectivity index (χ0v) is 12.3. The first-order chi connectivity index (χ1) is 9.39. The molecule has 2 aromatic rings. The zero-order valence-electron chi connectivity index (χ0n) is 10.7. The topological polar surface area (TPSA) is 83.5 Å². The lowest BCUT2D eigenvalue weighted by Crippen LogP contribution is -2.16. The van der Waals surface area contributed by atoms with Crippen molar-refractivity contribution in [2.75, 3.05) is 4.72 Å². The molecule has 0 radical (unpaired) electrons. The van der Waals surface area contributed by atoms with Crippen LogP contribution in [0.1, 0.15) is 20.8 Å². The number of hydrogen-bond acceptors (Lipinski definition) is 4. The molecule has 0 unspecified atom stereocenters. The molecule has 2 rings (SSSR count). The van der Waals surface area contributed by atoms with Crippen LogP contribution < -0.4 is 4.72 Å². The quantitative estimate of drug-likeness (QED) is 0.889. The van der Waals surface area contributed by atoms with Crippen LogP contribution in [0.15, 0.2) is 35.7 Å². The van der Waals surface area contributed by atoms with E-state index < -0.39 is 16.0 Å². The Morgan fingerprint density at radius 3 is 2.55 bits per heavy atom. The van der Waals surface area contributed by atoms with E-state index in [1.54, 1.807) is 42.6 Å². The van der Waals surface area contributed by atoms with Crippen LogP contribution in [0.4, 0.5) is 5.69 Å². The van der Waals surface area contributed by atoms with Gasteiger partial charge in [0.15, 0.2) is 0 Å². The van der Waals surface area contributed by atoms with Gasteiger partial charge >= 0.3 is 5.97 Å². The van der Waals surface area contributed by atoms with Crippen molar-refractivity contribution < 1.29 is 18.3 Å². The number of nitrogens with one attached hydrogen (secondary N) is 1. The van der Waals surface area contributed by atoms with E-state index in [1.807, 2.05) is 0 Å². The van der Waals surface area contributed by atoms with Crippen LogP contribution in [0, 0.1) is 6.92 Å². The average Bonchev–Trinajstić information content (AvgIpc) is 2.71. The Morgan fingerprint density at radius 1 is 1.30 bits per heavy atom. The van der Waals surface area contributed by atoms with Crippen LogP contribution in [-0.4, -0.2) is 19.5 Å². The van der Waals surface area contributed by atoms with E-state index in [-0.39, 0.29) is 16.3 Å². The van der Waals surface area contributed by atoms with Gasteiger partial charge in [-0.15, -0.1) is 11.3 Å². The molecule has 0 amide bonds. The second-order valence-corrected chi connectivity index (χ2v) is 6.88. The maximum atomic E-state index is 12.1. The molecule has 2 N–H and O–H groups in total. The molecule has 0 saturated carbocycles. The molecule has 0 bridgehead atoms. The van der Waals surface area contributed by atoms with E-state index in [0.29, 0.717) is 11.1 Å². The monoisotopic (exact) mass is 311 g/mol. The fourth-order valence-corrected chi connectivity index (χ4v) is 3.90. The van der Waals surface area contributed by atoms with Crippen molar-refractivity contribution in [1.29, 1.82) is 0 Å². The second kappa shape index (κ2) is 5.64. The average molecular weight is 311 g/mol. The van der Waals surface area contributed by atoms with Gasteiger partial charge in [-0.25, -0.2) is 13.2 Å². The maximum Gasteiger partial charge on any atom is 0.348 e. The second-order valence-electron chi connectivity index (χ2n) is 4.27. The summed E-state index contributed by atoms with van der Waals surface area (Å²) in [5, 5.41) is 10.7. The van der Waals surface area contributed by atoms with Crippen LogP contribution >= 0.6 is 11.3 Å². The molecule has 0 atom stereocenters. The first-order valence-electron chi connectivity index (χ1n) is 5.75. The standard InChI is InChI=1S/C13H13NO4S2/c1-9-7-19-12(13(15)16)11(9)14-20(17,18)8-10-5-3-2-4-6-10/h2-7,14H,8H2,1H3,(H,15,16). The van der Waals surface area contributed by atoms with Gasteiger partial charge in [0.2, 0.25) is 10.0 Å². The molecule has 1 aromatic carbocycles. The first kappa shape index (κ1) is 14.5. The van der Waals surface area contributed by atoms with Crippen molar-refractivity contribution in [3.05, 3.63) is 51.7 Å². The third-order valence-electron chi connectivity index (χ3n) is 2.63. The van der Waals surface area contributed by atoms with Crippen molar-refractivity contribution in [1.82, 2.24) is 0 Å². The molecule has 5 nitrogen and oxygen atoms in total. The molecule has 0 spiro atoms. The summed E-state index contributed by atoms with van der Waals surface area (Å²) in [4.78, 5) is 11.1. The van der Waals surface area contributed by atoms with E-state index in [2.05, 4.69) is 4.72 Å². The lowest BCUT2D eigenvalue weighted by molar-refractivity contribution is 0.0703. The van der Waals surface area contributed by atoms with Gasteiger partial charge in [0.1, 0.15) is 4.88 Å². The minimum Gasteiger partial charge on any atom is -0.477 e. The minimum atomic E-state index is -3.64. The normalized spacial score (nSPS) is 11.2. The first-order valence-corrected chi connectivity index (χ1v) is 8.28. The van der Waals surface area contributed by atoms with Gasteiger partial charge in [-0.3, -0.25) is 4.72 Å². The Morgan fingerprint density at radius 2 is 1.95 bits per heavy atom. The van der Waals surface area contributed by atoms with Crippen LogP contribution in [-0.2, 0) is 15.8 Å². The number of thiophene rings is 1. The largest absolute Gasteiger partial charge is 0.477 e. The number of aromatic carboxylic acids is 1. The van der Waals surface area contributed by atoms with Gasteiger partial charge in [-0.05, 0) is 23.4 Å². The number of carboxylic acid groups (broad SMARTS) is 1. The van der Waals surface area contributed by atoms with E-state index in [4.69, 9.17) is 5.11 Å². The summed E-state index contributed by atoms with van der Waals surface area (Å²) in [6.07, 6.45) is 0. The molecule has 0 aliphatic rings. The number of sulfonamides is 1. The van der Waals surface area contributed by atoms with Crippen LogP contribution in [0.2, 0.25) is 0 Å². The van der Waals surface area contributed by atoms with Gasteiger partial charge in [0.25, 0.3) is 0 Å². The predicted molar refractivity (Wildman–Crippen MR) is 78.7 cm³/mol. The molecular weight excluding hydrogens is 298 g/mol. The number of aryl methyl sites for hydroxylation is 1. The number of carboxylic acids is 1. The Bertz CT molecular complexity index is 720. The molecule has 7 heteroatoms. The van der Waals surface area contributed by atoms with Gasteiger partial charge < -0.3 is 5.11 Å². The third kappa shape index (κ3) is 3.37. The summed E-state index contributed by atoms with van der Waals surface area (Å²) in [6.45, 7) is 1.67. The van der Waals surface area contributed by atoms with Gasteiger partial charge in [0, 0.05) is 0 Å². The smallest absolute Gasteiger partial charge is 0.348 e. The summed E-state index contributed by atoms with van der Waals surface area (Å²) < 4.78 is 26.6. The van der Waals surface area contributed by atoms with Gasteiger partial charge in [-0.2, -0.15) is 0 Å². The number of carbonyl (C=O) groups is 1. The van der Waals surface area contributed by atoms with E-state index in [0.717, 1.165) is 11.3 Å². The van der Waals surface area contributed by atoms with Crippen molar-refractivity contribution >= 4 is 33.0 Å². The highest BCUT2D eigenvalue weighted by Crippen LogP contribution is 2.29. The number of hydrogen-bond donors (Lipinski definition) is 2. The number of anilines is 1. The predicted octanol–water partition coefficient (Wildman–Crippen LogP) is 2.70. The highest BCUT2D eigenvalue weighted by atomic mass is 32.2. The maximum absolute atomic E-state index is 12.1. The zero-order chi connectivity index (χ0) is 14.8. The van der Waals surface area contributed by atoms with Crippen LogP contribution in [0.25, 0.3) is 0 Å².